The molecule has 0 aliphatic rings. The molecule has 0 radical (unpaired) electrons. The molecule has 0 bridgehead atoms. The zero-order chi connectivity index (χ0) is 12.6. The predicted octanol–water partition coefficient (Wildman–Crippen LogP) is 2.08. The Morgan fingerprint density at radius 1 is 1.12 bits per heavy atom. The molecule has 0 spiro atoms. The van der Waals surface area contributed by atoms with Crippen molar-refractivity contribution in [1.82, 2.24) is 5.32 Å². The monoisotopic (exact) mass is 249 g/mol. The summed E-state index contributed by atoms with van der Waals surface area (Å²) >= 11 is 0. The third-order valence-electron chi connectivity index (χ3n) is 3.24. The maximum atomic E-state index is 11.3. The summed E-state index contributed by atoms with van der Waals surface area (Å²) in [5.41, 5.74) is 0. The highest BCUT2D eigenvalue weighted by Crippen LogP contribution is 2.16. The molecule has 98 valence electrons. The van der Waals surface area contributed by atoms with Crippen molar-refractivity contribution in [1.29, 1.82) is 0 Å². The summed E-state index contributed by atoms with van der Waals surface area (Å²) in [5, 5.41) is 3.33. The number of nitrogens with one attached hydrogen (secondary N) is 1. The lowest BCUT2D eigenvalue weighted by Gasteiger charge is -2.19. The van der Waals surface area contributed by atoms with Gasteiger partial charge in [0.15, 0.2) is 0 Å². The van der Waals surface area contributed by atoms with E-state index in [1.807, 2.05) is 0 Å². The third-order valence-corrected chi connectivity index (χ3v) is 5.03. The summed E-state index contributed by atoms with van der Waals surface area (Å²) in [5.74, 6) is 1.83. The largest absolute Gasteiger partial charge is 0.317 e. The smallest absolute Gasteiger partial charge is 0.150 e. The summed E-state index contributed by atoms with van der Waals surface area (Å²) in [6.07, 6.45) is 1.81. The summed E-state index contributed by atoms with van der Waals surface area (Å²) in [6, 6.07) is 0. The third kappa shape index (κ3) is 7.23. The van der Waals surface area contributed by atoms with Gasteiger partial charge in [-0.25, -0.2) is 8.42 Å². The van der Waals surface area contributed by atoms with Crippen LogP contribution in [0.3, 0.4) is 0 Å². The number of sulfone groups is 1. The van der Waals surface area contributed by atoms with Crippen molar-refractivity contribution in [2.24, 2.45) is 11.8 Å². The fourth-order valence-electron chi connectivity index (χ4n) is 1.63. The van der Waals surface area contributed by atoms with E-state index in [9.17, 15) is 8.42 Å². The van der Waals surface area contributed by atoms with Crippen molar-refractivity contribution in [2.75, 3.05) is 24.6 Å². The molecule has 0 rings (SSSR count). The fraction of sp³-hybridized carbons (Fsp3) is 1.00. The van der Waals surface area contributed by atoms with Gasteiger partial charge in [0.05, 0.1) is 5.75 Å². The van der Waals surface area contributed by atoms with Gasteiger partial charge in [0.2, 0.25) is 0 Å². The van der Waals surface area contributed by atoms with Gasteiger partial charge in [0.25, 0.3) is 0 Å². The Labute approximate surface area is 101 Å². The Morgan fingerprint density at radius 3 is 2.25 bits per heavy atom. The van der Waals surface area contributed by atoms with E-state index in [1.165, 1.54) is 0 Å². The second-order valence-electron chi connectivity index (χ2n) is 4.64. The van der Waals surface area contributed by atoms with Crippen LogP contribution in [-0.2, 0) is 9.84 Å². The zero-order valence-corrected chi connectivity index (χ0v) is 11.9. The average molecular weight is 249 g/mol. The molecule has 0 saturated carbocycles. The molecule has 0 aromatic heterocycles. The van der Waals surface area contributed by atoms with Crippen LogP contribution in [0.2, 0.25) is 0 Å². The van der Waals surface area contributed by atoms with E-state index in [0.29, 0.717) is 17.6 Å². The van der Waals surface area contributed by atoms with Crippen LogP contribution in [0.15, 0.2) is 0 Å². The van der Waals surface area contributed by atoms with Crippen LogP contribution in [0.5, 0.6) is 0 Å². The molecule has 0 fully saturated rings. The van der Waals surface area contributed by atoms with E-state index < -0.39 is 9.84 Å². The molecular formula is C12H27NO2S. The van der Waals surface area contributed by atoms with E-state index in [2.05, 4.69) is 26.1 Å². The zero-order valence-electron chi connectivity index (χ0n) is 11.1. The molecule has 0 saturated heterocycles. The van der Waals surface area contributed by atoms with Crippen molar-refractivity contribution < 1.29 is 8.42 Å². The second kappa shape index (κ2) is 8.07. The molecule has 3 nitrogen and oxygen atoms in total. The van der Waals surface area contributed by atoms with Crippen LogP contribution < -0.4 is 5.32 Å². The first-order chi connectivity index (χ1) is 7.43. The van der Waals surface area contributed by atoms with Crippen LogP contribution in [0.25, 0.3) is 0 Å². The standard InChI is InChI=1S/C12H27NO2S/c1-5-13-10-12(4)11(3)8-7-9-16(14,15)6-2/h11-13H,5-10H2,1-4H3. The van der Waals surface area contributed by atoms with E-state index in [4.69, 9.17) is 0 Å². The predicted molar refractivity (Wildman–Crippen MR) is 70.4 cm³/mol. The number of hydrogen-bond donors (Lipinski definition) is 1. The highest BCUT2D eigenvalue weighted by atomic mass is 32.2. The lowest BCUT2D eigenvalue weighted by atomic mass is 9.92. The molecule has 1 N–H and O–H groups in total. The highest BCUT2D eigenvalue weighted by molar-refractivity contribution is 7.91. The van der Waals surface area contributed by atoms with Crippen LogP contribution in [0.1, 0.15) is 40.5 Å². The average Bonchev–Trinajstić information content (AvgIpc) is 2.25. The second-order valence-corrected chi connectivity index (χ2v) is 7.11. The Bertz CT molecular complexity index is 262. The normalized spacial score (nSPS) is 16.0. The molecule has 2 atom stereocenters. The molecule has 0 aromatic carbocycles. The lowest BCUT2D eigenvalue weighted by molar-refractivity contribution is 0.347. The van der Waals surface area contributed by atoms with Crippen molar-refractivity contribution in [3.8, 4) is 0 Å². The van der Waals surface area contributed by atoms with Crippen LogP contribution >= 0.6 is 0 Å². The summed E-state index contributed by atoms with van der Waals surface area (Å²) in [7, 11) is -2.77. The van der Waals surface area contributed by atoms with Gasteiger partial charge in [-0.3, -0.25) is 0 Å². The highest BCUT2D eigenvalue weighted by Gasteiger charge is 2.13. The van der Waals surface area contributed by atoms with Gasteiger partial charge in [-0.2, -0.15) is 0 Å². The molecule has 0 aliphatic carbocycles. The SMILES string of the molecule is CCNCC(C)C(C)CCCS(=O)(=O)CC. The molecule has 4 heteroatoms. The summed E-state index contributed by atoms with van der Waals surface area (Å²) in [4.78, 5) is 0. The van der Waals surface area contributed by atoms with Crippen LogP contribution in [0.4, 0.5) is 0 Å². The molecule has 0 aromatic rings. The van der Waals surface area contributed by atoms with Crippen molar-refractivity contribution in [3.05, 3.63) is 0 Å². The molecule has 0 heterocycles. The number of hydrogen-bond acceptors (Lipinski definition) is 3. The van der Waals surface area contributed by atoms with Gasteiger partial charge < -0.3 is 5.32 Å². The summed E-state index contributed by atoms with van der Waals surface area (Å²) < 4.78 is 22.6. The molecule has 0 amide bonds. The summed E-state index contributed by atoms with van der Waals surface area (Å²) in [6.45, 7) is 10.3. The van der Waals surface area contributed by atoms with Gasteiger partial charge in [-0.15, -0.1) is 0 Å². The maximum absolute atomic E-state index is 11.3. The van der Waals surface area contributed by atoms with Crippen molar-refractivity contribution in [3.63, 3.8) is 0 Å². The minimum absolute atomic E-state index is 0.272. The van der Waals surface area contributed by atoms with E-state index in [-0.39, 0.29) is 5.75 Å². The Hall–Kier alpha value is -0.0900. The molecular weight excluding hydrogens is 222 g/mol. The van der Waals surface area contributed by atoms with Gasteiger partial charge in [0, 0.05) is 5.75 Å². The first kappa shape index (κ1) is 15.9. The van der Waals surface area contributed by atoms with Gasteiger partial charge in [0.1, 0.15) is 9.84 Å². The van der Waals surface area contributed by atoms with E-state index >= 15 is 0 Å². The fourth-order valence-corrected chi connectivity index (χ4v) is 2.52. The lowest BCUT2D eigenvalue weighted by Crippen LogP contribution is -2.25. The van der Waals surface area contributed by atoms with Crippen molar-refractivity contribution >= 4 is 9.84 Å². The van der Waals surface area contributed by atoms with Crippen LogP contribution in [0, 0.1) is 11.8 Å². The Balaban J connectivity index is 3.76. The van der Waals surface area contributed by atoms with Crippen molar-refractivity contribution in [2.45, 2.75) is 40.5 Å². The molecule has 2 unspecified atom stereocenters. The van der Waals surface area contributed by atoms with Gasteiger partial charge in [-0.1, -0.05) is 27.7 Å². The van der Waals surface area contributed by atoms with E-state index in [0.717, 1.165) is 25.9 Å². The quantitative estimate of drug-likeness (QED) is 0.680. The van der Waals surface area contributed by atoms with Gasteiger partial charge >= 0.3 is 0 Å². The minimum Gasteiger partial charge on any atom is -0.317 e. The first-order valence-electron chi connectivity index (χ1n) is 6.34. The first-order valence-corrected chi connectivity index (χ1v) is 8.16. The Morgan fingerprint density at radius 2 is 1.75 bits per heavy atom. The topological polar surface area (TPSA) is 46.2 Å². The minimum atomic E-state index is -2.77. The maximum Gasteiger partial charge on any atom is 0.150 e. The molecule has 16 heavy (non-hydrogen) atoms. The number of rotatable bonds is 9. The van der Waals surface area contributed by atoms with Gasteiger partial charge in [-0.05, 0) is 37.8 Å². The van der Waals surface area contributed by atoms with E-state index in [1.54, 1.807) is 6.92 Å². The Kier molecular flexibility index (Phi) is 8.02. The van der Waals surface area contributed by atoms with Crippen LogP contribution in [-0.4, -0.2) is 33.0 Å². The molecule has 0 aliphatic heterocycles.